The van der Waals surface area contributed by atoms with Crippen LogP contribution >= 0.6 is 27.7 Å². The van der Waals surface area contributed by atoms with E-state index in [2.05, 4.69) is 33.1 Å². The molecule has 74 valence electrons. The zero-order valence-electron chi connectivity index (χ0n) is 7.31. The van der Waals surface area contributed by atoms with Gasteiger partial charge in [-0.15, -0.1) is 0 Å². The predicted molar refractivity (Wildman–Crippen MR) is 60.2 cm³/mol. The average Bonchev–Trinajstić information content (AvgIpc) is 2.15. The zero-order chi connectivity index (χ0) is 9.68. The first kappa shape index (κ1) is 11.1. The van der Waals surface area contributed by atoms with Gasteiger partial charge in [-0.1, -0.05) is 22.5 Å². The van der Waals surface area contributed by atoms with Crippen molar-refractivity contribution in [3.05, 3.63) is 11.1 Å². The molecule has 0 aliphatic carbocycles. The topological polar surface area (TPSA) is 41.1 Å². The molecule has 1 atom stereocenters. The van der Waals surface area contributed by atoms with Crippen LogP contribution in [0.2, 0.25) is 0 Å². The molecule has 3 nitrogen and oxygen atoms in total. The zero-order valence-corrected chi connectivity index (χ0v) is 9.71. The Morgan fingerprint density at radius 3 is 3.08 bits per heavy atom. The van der Waals surface area contributed by atoms with Crippen molar-refractivity contribution in [2.45, 2.75) is 6.04 Å². The third-order valence-electron chi connectivity index (χ3n) is 1.69. The van der Waals surface area contributed by atoms with Crippen LogP contribution in [0.5, 0.6) is 0 Å². The first-order valence-corrected chi connectivity index (χ1v) is 6.07. The molecule has 0 saturated carbocycles. The maximum Gasteiger partial charge on any atom is 0.238 e. The van der Waals surface area contributed by atoms with E-state index < -0.39 is 0 Å². The van der Waals surface area contributed by atoms with Crippen LogP contribution in [0.3, 0.4) is 0 Å². The van der Waals surface area contributed by atoms with Crippen LogP contribution in [0, 0.1) is 0 Å². The second-order valence-electron chi connectivity index (χ2n) is 2.82. The molecule has 1 rings (SSSR count). The van der Waals surface area contributed by atoms with Crippen molar-refractivity contribution in [1.29, 1.82) is 0 Å². The number of thioether (sulfide) groups is 1. The van der Waals surface area contributed by atoms with Crippen LogP contribution in [-0.2, 0) is 4.79 Å². The lowest BCUT2D eigenvalue weighted by molar-refractivity contribution is -0.122. The summed E-state index contributed by atoms with van der Waals surface area (Å²) in [6.45, 7) is 5.06. The maximum absolute atomic E-state index is 11.5. The molecule has 5 heteroatoms. The molecule has 1 aliphatic heterocycles. The number of rotatable bonds is 3. The van der Waals surface area contributed by atoms with Gasteiger partial charge in [0.05, 0.1) is 6.04 Å². The van der Waals surface area contributed by atoms with E-state index in [0.29, 0.717) is 6.54 Å². The molecule has 0 bridgehead atoms. The second kappa shape index (κ2) is 5.67. The minimum absolute atomic E-state index is 0.0365. The predicted octanol–water partition coefficient (Wildman–Crippen LogP) is 0.716. The number of carbonyl (C=O) groups is 1. The molecule has 1 aliphatic rings. The van der Waals surface area contributed by atoms with E-state index in [4.69, 9.17) is 0 Å². The molecule has 0 aromatic rings. The molecule has 0 radical (unpaired) electrons. The lowest BCUT2D eigenvalue weighted by Gasteiger charge is -2.22. The van der Waals surface area contributed by atoms with Gasteiger partial charge >= 0.3 is 0 Å². The normalized spacial score (nSPS) is 22.4. The van der Waals surface area contributed by atoms with Gasteiger partial charge in [-0.3, -0.25) is 4.79 Å². The molecule has 13 heavy (non-hydrogen) atoms. The highest BCUT2D eigenvalue weighted by molar-refractivity contribution is 9.11. The van der Waals surface area contributed by atoms with E-state index in [0.717, 1.165) is 22.5 Å². The summed E-state index contributed by atoms with van der Waals surface area (Å²) in [5.74, 6) is 2.02. The molecular formula is C8H13BrN2OS. The molecule has 1 unspecified atom stereocenters. The van der Waals surface area contributed by atoms with Gasteiger partial charge in [-0.2, -0.15) is 11.8 Å². The Labute approximate surface area is 90.9 Å². The van der Waals surface area contributed by atoms with Crippen molar-refractivity contribution in [2.75, 3.05) is 24.6 Å². The Balaban J connectivity index is 2.25. The largest absolute Gasteiger partial charge is 0.350 e. The van der Waals surface area contributed by atoms with Crippen molar-refractivity contribution in [3.8, 4) is 0 Å². The highest BCUT2D eigenvalue weighted by Gasteiger charge is 2.19. The van der Waals surface area contributed by atoms with Crippen molar-refractivity contribution in [1.82, 2.24) is 10.6 Å². The molecule has 1 amide bonds. The SMILES string of the molecule is C=C(Br)CNC(=O)C1CSCCN1. The highest BCUT2D eigenvalue weighted by atomic mass is 79.9. The average molecular weight is 265 g/mol. The van der Waals surface area contributed by atoms with Gasteiger partial charge in [0.25, 0.3) is 0 Å². The summed E-state index contributed by atoms with van der Waals surface area (Å²) in [5.41, 5.74) is 0. The summed E-state index contributed by atoms with van der Waals surface area (Å²) >= 11 is 5.00. The van der Waals surface area contributed by atoms with E-state index >= 15 is 0 Å². The number of hydrogen-bond acceptors (Lipinski definition) is 3. The molecule has 2 N–H and O–H groups in total. The van der Waals surface area contributed by atoms with Crippen LogP contribution < -0.4 is 10.6 Å². The molecule has 1 saturated heterocycles. The smallest absolute Gasteiger partial charge is 0.238 e. The summed E-state index contributed by atoms with van der Waals surface area (Å²) in [7, 11) is 0. The van der Waals surface area contributed by atoms with E-state index in [1.54, 1.807) is 0 Å². The fraction of sp³-hybridized carbons (Fsp3) is 0.625. The monoisotopic (exact) mass is 264 g/mol. The third-order valence-corrected chi connectivity index (χ3v) is 3.03. The van der Waals surface area contributed by atoms with E-state index in [1.165, 1.54) is 0 Å². The maximum atomic E-state index is 11.5. The van der Waals surface area contributed by atoms with E-state index in [1.807, 2.05) is 11.8 Å². The van der Waals surface area contributed by atoms with E-state index in [9.17, 15) is 4.79 Å². The Morgan fingerprint density at radius 2 is 2.54 bits per heavy atom. The molecule has 0 aromatic heterocycles. The summed E-state index contributed by atoms with van der Waals surface area (Å²) in [6.07, 6.45) is 0. The van der Waals surface area contributed by atoms with Crippen LogP contribution in [0.4, 0.5) is 0 Å². The Kier molecular flexibility index (Phi) is 4.83. The van der Waals surface area contributed by atoms with E-state index in [-0.39, 0.29) is 11.9 Å². The molecular weight excluding hydrogens is 252 g/mol. The van der Waals surface area contributed by atoms with Crippen LogP contribution in [-0.4, -0.2) is 36.5 Å². The molecule has 1 heterocycles. The van der Waals surface area contributed by atoms with Gasteiger partial charge in [0.2, 0.25) is 5.91 Å². The van der Waals surface area contributed by atoms with Crippen molar-refractivity contribution in [3.63, 3.8) is 0 Å². The first-order chi connectivity index (χ1) is 6.20. The summed E-state index contributed by atoms with van der Waals surface area (Å²) in [5, 5.41) is 5.96. The van der Waals surface area contributed by atoms with Crippen LogP contribution in [0.25, 0.3) is 0 Å². The molecule has 1 fully saturated rings. The van der Waals surface area contributed by atoms with Gasteiger partial charge in [0, 0.05) is 29.1 Å². The van der Waals surface area contributed by atoms with Crippen LogP contribution in [0.1, 0.15) is 0 Å². The number of amides is 1. The number of nitrogens with one attached hydrogen (secondary N) is 2. The summed E-state index contributed by atoms with van der Waals surface area (Å²) in [4.78, 5) is 11.5. The highest BCUT2D eigenvalue weighted by Crippen LogP contribution is 2.07. The number of hydrogen-bond donors (Lipinski definition) is 2. The van der Waals surface area contributed by atoms with Gasteiger partial charge in [0.1, 0.15) is 0 Å². The third kappa shape index (κ3) is 4.15. The van der Waals surface area contributed by atoms with Crippen LogP contribution in [0.15, 0.2) is 11.1 Å². The lowest BCUT2D eigenvalue weighted by atomic mass is 10.3. The summed E-state index contributed by atoms with van der Waals surface area (Å²) < 4.78 is 0.796. The molecule has 0 aromatic carbocycles. The Morgan fingerprint density at radius 1 is 1.77 bits per heavy atom. The van der Waals surface area contributed by atoms with Gasteiger partial charge in [0.15, 0.2) is 0 Å². The van der Waals surface area contributed by atoms with Gasteiger partial charge in [-0.25, -0.2) is 0 Å². The standard InChI is InChI=1S/C8H13BrN2OS/c1-6(9)4-11-8(12)7-5-13-3-2-10-7/h7,10H,1-5H2,(H,11,12). The van der Waals surface area contributed by atoms with Crippen molar-refractivity contribution < 1.29 is 4.79 Å². The lowest BCUT2D eigenvalue weighted by Crippen LogP contribution is -2.49. The quantitative estimate of drug-likeness (QED) is 0.790. The van der Waals surface area contributed by atoms with Gasteiger partial charge in [-0.05, 0) is 0 Å². The van der Waals surface area contributed by atoms with Crippen molar-refractivity contribution >= 4 is 33.6 Å². The Hall–Kier alpha value is -0.0000000000000000763. The van der Waals surface area contributed by atoms with Crippen molar-refractivity contribution in [2.24, 2.45) is 0 Å². The fourth-order valence-corrected chi connectivity index (χ4v) is 2.11. The number of halogens is 1. The summed E-state index contributed by atoms with van der Waals surface area (Å²) in [6, 6.07) is -0.0365. The minimum Gasteiger partial charge on any atom is -0.350 e. The Bertz CT molecular complexity index is 204. The van der Waals surface area contributed by atoms with Gasteiger partial charge < -0.3 is 10.6 Å². The minimum atomic E-state index is -0.0365. The first-order valence-electron chi connectivity index (χ1n) is 4.12. The second-order valence-corrected chi connectivity index (χ2v) is 5.09. The molecule has 0 spiro atoms. The number of carbonyl (C=O) groups excluding carboxylic acids is 1. The fourth-order valence-electron chi connectivity index (χ4n) is 1.04.